The highest BCUT2D eigenvalue weighted by molar-refractivity contribution is 9.10. The van der Waals surface area contributed by atoms with E-state index >= 15 is 0 Å². The van der Waals surface area contributed by atoms with Gasteiger partial charge in [-0.1, -0.05) is 0 Å². The SMILES string of the molecule is Brc1cn(-c2ccc(N3CCCC3)cn2)cn1. The molecular weight excluding hydrogens is 280 g/mol. The van der Waals surface area contributed by atoms with Gasteiger partial charge in [0.05, 0.1) is 11.9 Å². The van der Waals surface area contributed by atoms with Gasteiger partial charge in [0.25, 0.3) is 0 Å². The van der Waals surface area contributed by atoms with Gasteiger partial charge < -0.3 is 4.90 Å². The Morgan fingerprint density at radius 3 is 2.53 bits per heavy atom. The molecule has 0 radical (unpaired) electrons. The Labute approximate surface area is 108 Å². The second-order valence-electron chi connectivity index (χ2n) is 4.17. The smallest absolute Gasteiger partial charge is 0.137 e. The molecule has 3 rings (SSSR count). The van der Waals surface area contributed by atoms with Crippen LogP contribution >= 0.6 is 15.9 Å². The van der Waals surface area contributed by atoms with Gasteiger partial charge in [-0.05, 0) is 40.9 Å². The fraction of sp³-hybridized carbons (Fsp3) is 0.333. The maximum atomic E-state index is 4.47. The second kappa shape index (κ2) is 4.49. The molecule has 0 saturated carbocycles. The number of nitrogens with zero attached hydrogens (tertiary/aromatic N) is 4. The van der Waals surface area contributed by atoms with E-state index in [9.17, 15) is 0 Å². The van der Waals surface area contributed by atoms with Crippen molar-refractivity contribution in [1.29, 1.82) is 0 Å². The third kappa shape index (κ3) is 2.20. The Kier molecular flexibility index (Phi) is 2.84. The molecule has 0 unspecified atom stereocenters. The molecule has 1 fully saturated rings. The van der Waals surface area contributed by atoms with Gasteiger partial charge in [-0.2, -0.15) is 0 Å². The molecule has 2 aromatic rings. The predicted octanol–water partition coefficient (Wildman–Crippen LogP) is 2.63. The van der Waals surface area contributed by atoms with Gasteiger partial charge in [0, 0.05) is 19.3 Å². The van der Waals surface area contributed by atoms with E-state index in [-0.39, 0.29) is 0 Å². The molecule has 2 aromatic heterocycles. The van der Waals surface area contributed by atoms with Crippen molar-refractivity contribution >= 4 is 21.6 Å². The molecule has 88 valence electrons. The van der Waals surface area contributed by atoms with E-state index in [2.05, 4.69) is 36.9 Å². The van der Waals surface area contributed by atoms with Crippen LogP contribution in [0.5, 0.6) is 0 Å². The maximum absolute atomic E-state index is 4.47. The Morgan fingerprint density at radius 2 is 1.94 bits per heavy atom. The van der Waals surface area contributed by atoms with Crippen molar-refractivity contribution in [1.82, 2.24) is 14.5 Å². The lowest BCUT2D eigenvalue weighted by Gasteiger charge is -2.17. The molecular formula is C12H13BrN4. The van der Waals surface area contributed by atoms with Gasteiger partial charge in [0.15, 0.2) is 0 Å². The number of pyridine rings is 1. The monoisotopic (exact) mass is 292 g/mol. The van der Waals surface area contributed by atoms with Gasteiger partial charge in [0.1, 0.15) is 16.7 Å². The zero-order chi connectivity index (χ0) is 11.7. The highest BCUT2D eigenvalue weighted by Crippen LogP contribution is 2.20. The Morgan fingerprint density at radius 1 is 1.12 bits per heavy atom. The summed E-state index contributed by atoms with van der Waals surface area (Å²) in [6, 6.07) is 4.16. The van der Waals surface area contributed by atoms with E-state index in [0.29, 0.717) is 0 Å². The van der Waals surface area contributed by atoms with E-state index in [1.54, 1.807) is 6.33 Å². The number of rotatable bonds is 2. The minimum atomic E-state index is 0.822. The molecule has 1 saturated heterocycles. The Bertz CT molecular complexity index is 499. The summed E-state index contributed by atoms with van der Waals surface area (Å²) in [5, 5.41) is 0. The van der Waals surface area contributed by atoms with Crippen LogP contribution in [-0.4, -0.2) is 27.6 Å². The molecule has 0 amide bonds. The molecule has 0 bridgehead atoms. The number of hydrogen-bond acceptors (Lipinski definition) is 3. The Balaban J connectivity index is 1.84. The molecule has 0 spiro atoms. The average molecular weight is 293 g/mol. The van der Waals surface area contributed by atoms with Gasteiger partial charge in [-0.25, -0.2) is 9.97 Å². The molecule has 0 N–H and O–H groups in total. The van der Waals surface area contributed by atoms with Crippen LogP contribution in [0.4, 0.5) is 5.69 Å². The van der Waals surface area contributed by atoms with Crippen LogP contribution in [0.2, 0.25) is 0 Å². The van der Waals surface area contributed by atoms with E-state index in [1.807, 2.05) is 23.0 Å². The summed E-state index contributed by atoms with van der Waals surface area (Å²) in [4.78, 5) is 11.0. The third-order valence-corrected chi connectivity index (χ3v) is 3.43. The molecule has 4 nitrogen and oxygen atoms in total. The first-order valence-electron chi connectivity index (χ1n) is 5.74. The van der Waals surface area contributed by atoms with Crippen LogP contribution in [0.25, 0.3) is 5.82 Å². The highest BCUT2D eigenvalue weighted by atomic mass is 79.9. The van der Waals surface area contributed by atoms with Crippen molar-refractivity contribution in [2.45, 2.75) is 12.8 Å². The molecule has 0 aromatic carbocycles. The summed E-state index contributed by atoms with van der Waals surface area (Å²) in [6.07, 6.45) is 8.17. The van der Waals surface area contributed by atoms with Crippen molar-refractivity contribution in [2.75, 3.05) is 18.0 Å². The van der Waals surface area contributed by atoms with Crippen molar-refractivity contribution in [3.8, 4) is 5.82 Å². The molecule has 0 aliphatic carbocycles. The van der Waals surface area contributed by atoms with Crippen LogP contribution < -0.4 is 4.90 Å². The molecule has 1 aliphatic heterocycles. The van der Waals surface area contributed by atoms with Crippen LogP contribution in [0.3, 0.4) is 0 Å². The molecule has 0 atom stereocenters. The summed E-state index contributed by atoms with van der Waals surface area (Å²) in [5.74, 6) is 0.895. The Hall–Kier alpha value is -1.36. The largest absolute Gasteiger partial charge is 0.370 e. The number of halogens is 1. The predicted molar refractivity (Wildman–Crippen MR) is 70.5 cm³/mol. The van der Waals surface area contributed by atoms with Crippen molar-refractivity contribution in [3.63, 3.8) is 0 Å². The van der Waals surface area contributed by atoms with Crippen molar-refractivity contribution < 1.29 is 0 Å². The summed E-state index contributed by atoms with van der Waals surface area (Å²) in [7, 11) is 0. The lowest BCUT2D eigenvalue weighted by molar-refractivity contribution is 0.945. The van der Waals surface area contributed by atoms with E-state index in [4.69, 9.17) is 0 Å². The number of anilines is 1. The topological polar surface area (TPSA) is 34.0 Å². The first kappa shape index (κ1) is 10.8. The number of imidazole rings is 1. The van der Waals surface area contributed by atoms with Crippen molar-refractivity contribution in [3.05, 3.63) is 35.5 Å². The first-order valence-corrected chi connectivity index (χ1v) is 6.53. The summed E-state index contributed by atoms with van der Waals surface area (Å²) >= 11 is 3.33. The van der Waals surface area contributed by atoms with Crippen LogP contribution in [0, 0.1) is 0 Å². The van der Waals surface area contributed by atoms with Crippen LogP contribution in [0.1, 0.15) is 12.8 Å². The molecule has 3 heterocycles. The zero-order valence-corrected chi connectivity index (χ0v) is 11.0. The quantitative estimate of drug-likeness (QED) is 0.853. The minimum Gasteiger partial charge on any atom is -0.370 e. The van der Waals surface area contributed by atoms with E-state index in [0.717, 1.165) is 23.5 Å². The summed E-state index contributed by atoms with van der Waals surface area (Å²) in [5.41, 5.74) is 1.21. The summed E-state index contributed by atoms with van der Waals surface area (Å²) in [6.45, 7) is 2.30. The minimum absolute atomic E-state index is 0.822. The molecule has 17 heavy (non-hydrogen) atoms. The average Bonchev–Trinajstić information content (AvgIpc) is 3.00. The van der Waals surface area contributed by atoms with Crippen molar-refractivity contribution in [2.24, 2.45) is 0 Å². The van der Waals surface area contributed by atoms with Gasteiger partial charge in [-0.3, -0.25) is 4.57 Å². The first-order chi connectivity index (χ1) is 8.33. The second-order valence-corrected chi connectivity index (χ2v) is 4.98. The lowest BCUT2D eigenvalue weighted by atomic mass is 10.3. The normalized spacial score (nSPS) is 15.5. The van der Waals surface area contributed by atoms with Gasteiger partial charge >= 0.3 is 0 Å². The zero-order valence-electron chi connectivity index (χ0n) is 9.38. The highest BCUT2D eigenvalue weighted by Gasteiger charge is 2.12. The molecule has 1 aliphatic rings. The maximum Gasteiger partial charge on any atom is 0.137 e. The van der Waals surface area contributed by atoms with E-state index in [1.165, 1.54) is 18.5 Å². The number of hydrogen-bond donors (Lipinski definition) is 0. The summed E-state index contributed by atoms with van der Waals surface area (Å²) < 4.78 is 2.72. The standard InChI is InChI=1S/C12H13BrN4/c13-11-8-17(9-15-11)12-4-3-10(7-14-12)16-5-1-2-6-16/h3-4,7-9H,1-2,5-6H2. The fourth-order valence-electron chi connectivity index (χ4n) is 2.12. The lowest BCUT2D eigenvalue weighted by Crippen LogP contribution is -2.17. The fourth-order valence-corrected chi connectivity index (χ4v) is 2.43. The third-order valence-electron chi connectivity index (χ3n) is 3.02. The van der Waals surface area contributed by atoms with E-state index < -0.39 is 0 Å². The van der Waals surface area contributed by atoms with Gasteiger partial charge in [-0.15, -0.1) is 0 Å². The van der Waals surface area contributed by atoms with Crippen LogP contribution in [0.15, 0.2) is 35.5 Å². The van der Waals surface area contributed by atoms with Crippen LogP contribution in [-0.2, 0) is 0 Å². The number of aromatic nitrogens is 3. The van der Waals surface area contributed by atoms with Gasteiger partial charge in [0.2, 0.25) is 0 Å². The molecule has 5 heteroatoms.